The van der Waals surface area contributed by atoms with Gasteiger partial charge in [0.25, 0.3) is 0 Å². The Morgan fingerprint density at radius 1 is 1.43 bits per heavy atom. The number of β-lactam (4-membered cyclic amide) rings is 1. The first-order chi connectivity index (χ1) is 6.58. The van der Waals surface area contributed by atoms with Crippen LogP contribution in [0.3, 0.4) is 0 Å². The summed E-state index contributed by atoms with van der Waals surface area (Å²) in [4.78, 5) is 10.9. The summed E-state index contributed by atoms with van der Waals surface area (Å²) in [5.74, 6) is -0.312. The van der Waals surface area contributed by atoms with Crippen molar-refractivity contribution in [1.29, 1.82) is 0 Å². The number of carbonyl (C=O) groups is 1. The van der Waals surface area contributed by atoms with E-state index >= 15 is 0 Å². The van der Waals surface area contributed by atoms with E-state index in [9.17, 15) is 13.2 Å². The van der Waals surface area contributed by atoms with Crippen molar-refractivity contribution < 1.29 is 13.2 Å². The summed E-state index contributed by atoms with van der Waals surface area (Å²) >= 11 is 0. The summed E-state index contributed by atoms with van der Waals surface area (Å²) in [6.45, 7) is 2.79. The van der Waals surface area contributed by atoms with Gasteiger partial charge in [-0.05, 0) is 6.42 Å². The van der Waals surface area contributed by atoms with Gasteiger partial charge in [0.05, 0.1) is 0 Å². The minimum atomic E-state index is -3.52. The standard InChI is InChI=1S/C8H16N2O3S/c1-2-3-4-6-9-14(12,13)10-7-5-8(10)11/h9H,2-7H2,1H3. The topological polar surface area (TPSA) is 66.5 Å². The molecule has 0 aliphatic carbocycles. The number of nitrogens with one attached hydrogen (secondary N) is 1. The van der Waals surface area contributed by atoms with Crippen LogP contribution in [0.15, 0.2) is 0 Å². The SMILES string of the molecule is CCCCCNS(=O)(=O)N1CCC1=O. The summed E-state index contributed by atoms with van der Waals surface area (Å²) < 4.78 is 26.1. The van der Waals surface area contributed by atoms with E-state index in [0.29, 0.717) is 19.5 Å². The van der Waals surface area contributed by atoms with E-state index in [1.54, 1.807) is 0 Å². The molecule has 0 aromatic carbocycles. The zero-order valence-electron chi connectivity index (χ0n) is 8.32. The molecule has 1 aliphatic rings. The predicted octanol–water partition coefficient (Wildman–Crippen LogP) is 0.243. The van der Waals surface area contributed by atoms with Gasteiger partial charge >= 0.3 is 10.2 Å². The normalized spacial score (nSPS) is 16.9. The van der Waals surface area contributed by atoms with E-state index in [1.807, 2.05) is 6.92 Å². The molecule has 0 saturated carbocycles. The van der Waals surface area contributed by atoms with Gasteiger partial charge in [-0.15, -0.1) is 0 Å². The molecule has 82 valence electrons. The van der Waals surface area contributed by atoms with Crippen molar-refractivity contribution in [1.82, 2.24) is 9.03 Å². The van der Waals surface area contributed by atoms with Crippen LogP contribution < -0.4 is 4.72 Å². The van der Waals surface area contributed by atoms with Crippen LogP contribution in [0.2, 0.25) is 0 Å². The number of rotatable bonds is 6. The molecule has 1 rings (SSSR count). The molecule has 1 amide bonds. The van der Waals surface area contributed by atoms with Gasteiger partial charge in [0, 0.05) is 19.5 Å². The summed E-state index contributed by atoms with van der Waals surface area (Å²) in [6.07, 6.45) is 3.20. The summed E-state index contributed by atoms with van der Waals surface area (Å²) in [5, 5.41) is 0. The molecule has 5 nitrogen and oxygen atoms in total. The van der Waals surface area contributed by atoms with E-state index in [1.165, 1.54) is 0 Å². The van der Waals surface area contributed by atoms with Crippen LogP contribution in [-0.2, 0) is 15.0 Å². The highest BCUT2D eigenvalue weighted by atomic mass is 32.2. The number of hydrogen-bond acceptors (Lipinski definition) is 3. The summed E-state index contributed by atoms with van der Waals surface area (Å²) in [6, 6.07) is 0. The smallest absolute Gasteiger partial charge is 0.274 e. The summed E-state index contributed by atoms with van der Waals surface area (Å²) in [7, 11) is -3.52. The molecule has 1 aliphatic heterocycles. The Bertz CT molecular complexity index is 300. The van der Waals surface area contributed by atoms with E-state index in [4.69, 9.17) is 0 Å². The lowest BCUT2D eigenvalue weighted by molar-refractivity contribution is -0.133. The number of unbranched alkanes of at least 4 members (excludes halogenated alkanes) is 2. The molecular formula is C8H16N2O3S. The highest BCUT2D eigenvalue weighted by Crippen LogP contribution is 2.12. The molecule has 1 saturated heterocycles. The quantitative estimate of drug-likeness (QED) is 0.515. The maximum atomic E-state index is 11.4. The fourth-order valence-corrected chi connectivity index (χ4v) is 2.45. The first kappa shape index (κ1) is 11.5. The van der Waals surface area contributed by atoms with Crippen molar-refractivity contribution in [2.24, 2.45) is 0 Å². The van der Waals surface area contributed by atoms with E-state index < -0.39 is 10.2 Å². The maximum Gasteiger partial charge on any atom is 0.303 e. The second kappa shape index (κ2) is 4.75. The predicted molar refractivity (Wildman–Crippen MR) is 52.8 cm³/mol. The van der Waals surface area contributed by atoms with Crippen LogP contribution in [0, 0.1) is 0 Å². The molecular weight excluding hydrogens is 204 g/mol. The van der Waals surface area contributed by atoms with E-state index in [-0.39, 0.29) is 5.91 Å². The third kappa shape index (κ3) is 2.68. The van der Waals surface area contributed by atoms with Crippen molar-refractivity contribution >= 4 is 16.1 Å². The Hall–Kier alpha value is -0.620. The molecule has 0 spiro atoms. The molecule has 1 heterocycles. The van der Waals surface area contributed by atoms with Gasteiger partial charge in [0.15, 0.2) is 0 Å². The van der Waals surface area contributed by atoms with Gasteiger partial charge in [-0.3, -0.25) is 4.79 Å². The van der Waals surface area contributed by atoms with Crippen molar-refractivity contribution in [2.75, 3.05) is 13.1 Å². The zero-order valence-corrected chi connectivity index (χ0v) is 9.14. The lowest BCUT2D eigenvalue weighted by atomic mass is 10.3. The zero-order chi connectivity index (χ0) is 10.6. The number of carbonyl (C=O) groups excluding carboxylic acids is 1. The molecule has 1 fully saturated rings. The minimum absolute atomic E-state index is 0.312. The fourth-order valence-electron chi connectivity index (χ4n) is 1.20. The van der Waals surface area contributed by atoms with Crippen LogP contribution in [0.4, 0.5) is 0 Å². The van der Waals surface area contributed by atoms with Gasteiger partial charge in [-0.2, -0.15) is 13.1 Å². The van der Waals surface area contributed by atoms with Gasteiger partial charge < -0.3 is 0 Å². The molecule has 14 heavy (non-hydrogen) atoms. The Balaban J connectivity index is 2.31. The van der Waals surface area contributed by atoms with Crippen LogP contribution in [0.25, 0.3) is 0 Å². The summed E-state index contributed by atoms with van der Waals surface area (Å²) in [5.41, 5.74) is 0. The van der Waals surface area contributed by atoms with Gasteiger partial charge in [-0.1, -0.05) is 19.8 Å². The monoisotopic (exact) mass is 220 g/mol. The number of nitrogens with zero attached hydrogens (tertiary/aromatic N) is 1. The Kier molecular flexibility index (Phi) is 3.88. The van der Waals surface area contributed by atoms with Gasteiger partial charge in [0.2, 0.25) is 5.91 Å². The largest absolute Gasteiger partial charge is 0.303 e. The molecule has 0 unspecified atom stereocenters. The lowest BCUT2D eigenvalue weighted by Gasteiger charge is -2.29. The minimum Gasteiger partial charge on any atom is -0.274 e. The van der Waals surface area contributed by atoms with Crippen LogP contribution in [0.5, 0.6) is 0 Å². The molecule has 1 N–H and O–H groups in total. The fraction of sp³-hybridized carbons (Fsp3) is 0.875. The van der Waals surface area contributed by atoms with E-state index in [2.05, 4.69) is 4.72 Å². The second-order valence-electron chi connectivity index (χ2n) is 3.32. The number of amides is 1. The third-order valence-corrected chi connectivity index (χ3v) is 3.70. The molecule has 0 aromatic heterocycles. The van der Waals surface area contributed by atoms with Gasteiger partial charge in [0.1, 0.15) is 0 Å². The lowest BCUT2D eigenvalue weighted by Crippen LogP contribution is -2.52. The first-order valence-corrected chi connectivity index (χ1v) is 6.32. The van der Waals surface area contributed by atoms with E-state index in [0.717, 1.165) is 23.6 Å². The average molecular weight is 220 g/mol. The van der Waals surface area contributed by atoms with Crippen LogP contribution in [-0.4, -0.2) is 31.7 Å². The number of hydrogen-bond donors (Lipinski definition) is 1. The average Bonchev–Trinajstić information content (AvgIpc) is 2.09. The van der Waals surface area contributed by atoms with Gasteiger partial charge in [-0.25, -0.2) is 4.31 Å². The highest BCUT2D eigenvalue weighted by Gasteiger charge is 2.34. The molecule has 0 radical (unpaired) electrons. The Labute approximate surface area is 84.7 Å². The Morgan fingerprint density at radius 3 is 2.57 bits per heavy atom. The van der Waals surface area contributed by atoms with Crippen molar-refractivity contribution in [3.05, 3.63) is 0 Å². The highest BCUT2D eigenvalue weighted by molar-refractivity contribution is 7.87. The molecule has 6 heteroatoms. The molecule has 0 atom stereocenters. The second-order valence-corrected chi connectivity index (χ2v) is 5.00. The van der Waals surface area contributed by atoms with Crippen molar-refractivity contribution in [3.8, 4) is 0 Å². The molecule has 0 aromatic rings. The maximum absolute atomic E-state index is 11.4. The Morgan fingerprint density at radius 2 is 2.14 bits per heavy atom. The third-order valence-electron chi connectivity index (χ3n) is 2.16. The first-order valence-electron chi connectivity index (χ1n) is 4.88. The van der Waals surface area contributed by atoms with Crippen molar-refractivity contribution in [3.63, 3.8) is 0 Å². The molecule has 0 bridgehead atoms. The van der Waals surface area contributed by atoms with Crippen LogP contribution in [0.1, 0.15) is 32.6 Å². The van der Waals surface area contributed by atoms with Crippen molar-refractivity contribution in [2.45, 2.75) is 32.6 Å². The van der Waals surface area contributed by atoms with Crippen LogP contribution >= 0.6 is 0 Å².